The molecule has 1 aliphatic rings. The Morgan fingerprint density at radius 3 is 2.50 bits per heavy atom. The Bertz CT molecular complexity index is 924. The van der Waals surface area contributed by atoms with Crippen LogP contribution in [0.5, 0.6) is 5.75 Å². The highest BCUT2D eigenvalue weighted by Gasteiger charge is 2.34. The molecule has 0 spiro atoms. The number of hydrogen-bond donors (Lipinski definition) is 0. The van der Waals surface area contributed by atoms with Crippen molar-refractivity contribution in [1.29, 1.82) is 0 Å². The molecule has 1 heterocycles. The lowest BCUT2D eigenvalue weighted by Gasteiger charge is -2.15. The molecule has 11 heteroatoms. The molecular formula is C17H22N4O4S3. The molecule has 1 aliphatic carbocycles. The first-order chi connectivity index (χ1) is 13.3. The van der Waals surface area contributed by atoms with E-state index in [1.165, 1.54) is 53.6 Å². The number of sulfonamides is 1. The van der Waals surface area contributed by atoms with Crippen molar-refractivity contribution in [2.45, 2.75) is 35.0 Å². The molecule has 0 atom stereocenters. The third kappa shape index (κ3) is 5.02. The maximum absolute atomic E-state index is 12.0. The van der Waals surface area contributed by atoms with E-state index < -0.39 is 10.0 Å². The van der Waals surface area contributed by atoms with Crippen LogP contribution in [0, 0.1) is 0 Å². The highest BCUT2D eigenvalue weighted by Crippen LogP contribution is 2.35. The van der Waals surface area contributed by atoms with Gasteiger partial charge in [-0.1, -0.05) is 23.1 Å². The number of benzene rings is 1. The van der Waals surface area contributed by atoms with Gasteiger partial charge in [-0.25, -0.2) is 12.7 Å². The van der Waals surface area contributed by atoms with Crippen LogP contribution in [-0.2, 0) is 14.8 Å². The van der Waals surface area contributed by atoms with Crippen molar-refractivity contribution in [2.75, 3.05) is 31.4 Å². The fourth-order valence-electron chi connectivity index (χ4n) is 2.45. The predicted octanol–water partition coefficient (Wildman–Crippen LogP) is 2.47. The van der Waals surface area contributed by atoms with Crippen molar-refractivity contribution in [3.05, 3.63) is 24.3 Å². The van der Waals surface area contributed by atoms with Crippen molar-refractivity contribution in [1.82, 2.24) is 14.5 Å². The van der Waals surface area contributed by atoms with E-state index in [0.29, 0.717) is 23.2 Å². The van der Waals surface area contributed by atoms with Crippen molar-refractivity contribution in [2.24, 2.45) is 0 Å². The third-order valence-electron chi connectivity index (χ3n) is 4.03. The van der Waals surface area contributed by atoms with Gasteiger partial charge in [-0.05, 0) is 37.1 Å². The Kier molecular flexibility index (Phi) is 6.58. The highest BCUT2D eigenvalue weighted by molar-refractivity contribution is 8.01. The molecule has 0 radical (unpaired) electrons. The standard InChI is InChI=1S/C17H22N4O4S3/c1-12(22)21(13-4-5-13)16-18-19-17(27-16)26-11-10-25-14-6-8-15(9-7-14)28(23,24)20(2)3/h6-9,13H,4-5,10-11H2,1-3H3. The monoisotopic (exact) mass is 442 g/mol. The Labute approximate surface area is 172 Å². The van der Waals surface area contributed by atoms with Crippen molar-refractivity contribution >= 4 is 44.2 Å². The van der Waals surface area contributed by atoms with E-state index in [0.717, 1.165) is 17.2 Å². The van der Waals surface area contributed by atoms with E-state index in [9.17, 15) is 13.2 Å². The molecule has 28 heavy (non-hydrogen) atoms. The largest absolute Gasteiger partial charge is 0.493 e. The molecule has 1 amide bonds. The first-order valence-electron chi connectivity index (χ1n) is 8.70. The third-order valence-corrected chi connectivity index (χ3v) is 7.88. The number of nitrogens with zero attached hydrogens (tertiary/aromatic N) is 4. The highest BCUT2D eigenvalue weighted by atomic mass is 32.2. The quantitative estimate of drug-likeness (QED) is 0.335. The SMILES string of the molecule is CC(=O)N(c1nnc(SCCOc2ccc(S(=O)(=O)N(C)C)cc2)s1)C1CC1. The minimum absolute atomic E-state index is 0.00161. The van der Waals surface area contributed by atoms with Crippen molar-refractivity contribution in [3.8, 4) is 5.75 Å². The van der Waals surface area contributed by atoms with E-state index in [1.807, 2.05) is 0 Å². The summed E-state index contributed by atoms with van der Waals surface area (Å²) in [5.74, 6) is 1.27. The molecule has 0 N–H and O–H groups in total. The minimum atomic E-state index is -3.44. The zero-order valence-corrected chi connectivity index (χ0v) is 18.3. The number of carbonyl (C=O) groups is 1. The average molecular weight is 443 g/mol. The van der Waals surface area contributed by atoms with E-state index in [1.54, 1.807) is 24.0 Å². The Balaban J connectivity index is 1.48. The number of aromatic nitrogens is 2. The number of thioether (sulfide) groups is 1. The number of hydrogen-bond acceptors (Lipinski definition) is 8. The van der Waals surface area contributed by atoms with Gasteiger partial charge < -0.3 is 4.74 Å². The molecule has 1 aromatic carbocycles. The molecule has 0 bridgehead atoms. The normalized spacial score (nSPS) is 14.3. The van der Waals surface area contributed by atoms with E-state index in [2.05, 4.69) is 10.2 Å². The zero-order chi connectivity index (χ0) is 20.3. The van der Waals surface area contributed by atoms with Crippen LogP contribution in [0.1, 0.15) is 19.8 Å². The van der Waals surface area contributed by atoms with Gasteiger partial charge in [0.2, 0.25) is 21.1 Å². The second kappa shape index (κ2) is 8.76. The van der Waals surface area contributed by atoms with Crippen LogP contribution in [0.15, 0.2) is 33.5 Å². The number of rotatable bonds is 9. The van der Waals surface area contributed by atoms with E-state index in [-0.39, 0.29) is 16.8 Å². The Morgan fingerprint density at radius 2 is 1.93 bits per heavy atom. The van der Waals surface area contributed by atoms with Gasteiger partial charge in [-0.3, -0.25) is 9.69 Å². The summed E-state index contributed by atoms with van der Waals surface area (Å²) in [4.78, 5) is 13.7. The second-order valence-corrected chi connectivity index (χ2v) is 10.9. The molecule has 1 fully saturated rings. The lowest BCUT2D eigenvalue weighted by atomic mass is 10.3. The summed E-state index contributed by atoms with van der Waals surface area (Å²) in [6, 6.07) is 6.62. The fourth-order valence-corrected chi connectivity index (χ4v) is 5.19. The molecule has 1 saturated carbocycles. The molecule has 0 aliphatic heterocycles. The number of anilines is 1. The summed E-state index contributed by atoms with van der Waals surface area (Å²) in [6.45, 7) is 1.99. The molecule has 152 valence electrons. The predicted molar refractivity (Wildman–Crippen MR) is 110 cm³/mol. The van der Waals surface area contributed by atoms with Gasteiger partial charge in [0, 0.05) is 32.8 Å². The molecule has 8 nitrogen and oxygen atoms in total. The van der Waals surface area contributed by atoms with Crippen LogP contribution in [0.25, 0.3) is 0 Å². The maximum Gasteiger partial charge on any atom is 0.242 e. The van der Waals surface area contributed by atoms with Gasteiger partial charge >= 0.3 is 0 Å². The summed E-state index contributed by atoms with van der Waals surface area (Å²) in [5.41, 5.74) is 0. The maximum atomic E-state index is 12.0. The fraction of sp³-hybridized carbons (Fsp3) is 0.471. The van der Waals surface area contributed by atoms with E-state index in [4.69, 9.17) is 4.74 Å². The Morgan fingerprint density at radius 1 is 1.25 bits per heavy atom. The van der Waals surface area contributed by atoms with Crippen LogP contribution >= 0.6 is 23.1 Å². The van der Waals surface area contributed by atoms with Crippen LogP contribution < -0.4 is 9.64 Å². The second-order valence-electron chi connectivity index (χ2n) is 6.43. The van der Waals surface area contributed by atoms with Crippen LogP contribution in [0.4, 0.5) is 5.13 Å². The lowest BCUT2D eigenvalue weighted by molar-refractivity contribution is -0.116. The average Bonchev–Trinajstić information content (AvgIpc) is 3.36. The number of carbonyl (C=O) groups excluding carboxylic acids is 1. The van der Waals surface area contributed by atoms with Crippen LogP contribution in [0.2, 0.25) is 0 Å². The first-order valence-corrected chi connectivity index (χ1v) is 11.9. The summed E-state index contributed by atoms with van der Waals surface area (Å²) >= 11 is 2.92. The molecular weight excluding hydrogens is 420 g/mol. The van der Waals surface area contributed by atoms with Gasteiger partial charge in [-0.2, -0.15) is 0 Å². The smallest absolute Gasteiger partial charge is 0.242 e. The summed E-state index contributed by atoms with van der Waals surface area (Å²) in [6.07, 6.45) is 2.04. The number of ether oxygens (including phenoxy) is 1. The van der Waals surface area contributed by atoms with Gasteiger partial charge in [0.05, 0.1) is 11.5 Å². The number of amides is 1. The Hall–Kier alpha value is -1.69. The van der Waals surface area contributed by atoms with Gasteiger partial charge in [0.15, 0.2) is 4.34 Å². The van der Waals surface area contributed by atoms with Crippen molar-refractivity contribution < 1.29 is 17.9 Å². The summed E-state index contributed by atoms with van der Waals surface area (Å²) in [7, 11) is -0.443. The van der Waals surface area contributed by atoms with Gasteiger partial charge in [-0.15, -0.1) is 10.2 Å². The molecule has 0 unspecified atom stereocenters. The first kappa shape index (κ1) is 21.0. The molecule has 0 saturated heterocycles. The van der Waals surface area contributed by atoms with Gasteiger partial charge in [0.1, 0.15) is 5.75 Å². The summed E-state index contributed by atoms with van der Waals surface area (Å²) in [5, 5.41) is 8.92. The molecule has 2 aromatic rings. The molecule has 1 aromatic heterocycles. The topological polar surface area (TPSA) is 92.7 Å². The van der Waals surface area contributed by atoms with E-state index >= 15 is 0 Å². The van der Waals surface area contributed by atoms with Crippen LogP contribution in [-0.4, -0.2) is 61.3 Å². The molecule has 3 rings (SSSR count). The van der Waals surface area contributed by atoms with Gasteiger partial charge in [0.25, 0.3) is 0 Å². The summed E-state index contributed by atoms with van der Waals surface area (Å²) < 4.78 is 31.7. The lowest BCUT2D eigenvalue weighted by Crippen LogP contribution is -2.30. The zero-order valence-electron chi connectivity index (χ0n) is 15.9. The minimum Gasteiger partial charge on any atom is -0.493 e. The van der Waals surface area contributed by atoms with Crippen LogP contribution in [0.3, 0.4) is 0 Å². The van der Waals surface area contributed by atoms with Crippen molar-refractivity contribution in [3.63, 3.8) is 0 Å².